The molecular formula is C14H13BrFNO2S. The normalized spacial score (nSPS) is 11.3. The third-order valence-electron chi connectivity index (χ3n) is 2.76. The molecule has 0 aliphatic carbocycles. The molecule has 20 heavy (non-hydrogen) atoms. The van der Waals surface area contributed by atoms with Gasteiger partial charge >= 0.3 is 0 Å². The highest BCUT2D eigenvalue weighted by Crippen LogP contribution is 2.20. The summed E-state index contributed by atoms with van der Waals surface area (Å²) >= 11 is 3.34. The molecule has 0 aliphatic rings. The van der Waals surface area contributed by atoms with Crippen LogP contribution in [0.3, 0.4) is 0 Å². The number of halogens is 2. The van der Waals surface area contributed by atoms with Crippen LogP contribution < -0.4 is 5.32 Å². The molecule has 3 nitrogen and oxygen atoms in total. The van der Waals surface area contributed by atoms with Gasteiger partial charge in [0.05, 0.1) is 10.6 Å². The van der Waals surface area contributed by atoms with E-state index in [0.29, 0.717) is 6.54 Å². The molecule has 0 aliphatic heterocycles. The van der Waals surface area contributed by atoms with Crippen molar-refractivity contribution in [3.63, 3.8) is 0 Å². The average Bonchev–Trinajstić information content (AvgIpc) is 2.38. The van der Waals surface area contributed by atoms with E-state index in [9.17, 15) is 12.8 Å². The Bertz CT molecular complexity index is 714. The summed E-state index contributed by atoms with van der Waals surface area (Å²) in [5.41, 5.74) is 1.15. The SMILES string of the molecule is CS(=O)(=O)c1ccc(F)c(NCc2ccc(Br)cc2)c1. The standard InChI is InChI=1S/C14H13BrFNO2S/c1-20(18,19)12-6-7-13(16)14(8-12)17-9-10-2-4-11(15)5-3-10/h2-8,17H,9H2,1H3. The molecule has 2 rings (SSSR count). The summed E-state index contributed by atoms with van der Waals surface area (Å²) in [6.45, 7) is 0.414. The Kier molecular flexibility index (Phi) is 4.45. The number of nitrogens with one attached hydrogen (secondary N) is 1. The summed E-state index contributed by atoms with van der Waals surface area (Å²) < 4.78 is 37.5. The Hall–Kier alpha value is -1.40. The maximum atomic E-state index is 13.7. The zero-order chi connectivity index (χ0) is 14.8. The van der Waals surface area contributed by atoms with Crippen molar-refractivity contribution in [1.82, 2.24) is 0 Å². The van der Waals surface area contributed by atoms with E-state index < -0.39 is 15.7 Å². The van der Waals surface area contributed by atoms with Gasteiger partial charge in [-0.05, 0) is 35.9 Å². The first-order chi connectivity index (χ1) is 9.36. The van der Waals surface area contributed by atoms with Crippen molar-refractivity contribution in [2.24, 2.45) is 0 Å². The highest BCUT2D eigenvalue weighted by atomic mass is 79.9. The fourth-order valence-corrected chi connectivity index (χ4v) is 2.58. The lowest BCUT2D eigenvalue weighted by molar-refractivity contribution is 0.600. The van der Waals surface area contributed by atoms with E-state index in [-0.39, 0.29) is 10.6 Å². The molecular weight excluding hydrogens is 345 g/mol. The summed E-state index contributed by atoms with van der Waals surface area (Å²) in [6.07, 6.45) is 1.10. The summed E-state index contributed by atoms with van der Waals surface area (Å²) in [5, 5.41) is 2.91. The molecule has 2 aromatic rings. The zero-order valence-corrected chi connectivity index (χ0v) is 13.1. The quantitative estimate of drug-likeness (QED) is 0.850. The van der Waals surface area contributed by atoms with Crippen molar-refractivity contribution in [2.45, 2.75) is 11.4 Å². The molecule has 6 heteroatoms. The summed E-state index contributed by atoms with van der Waals surface area (Å²) in [7, 11) is -3.34. The minimum atomic E-state index is -3.34. The van der Waals surface area contributed by atoms with Crippen molar-refractivity contribution >= 4 is 31.5 Å². The third kappa shape index (κ3) is 3.80. The van der Waals surface area contributed by atoms with Gasteiger partial charge in [-0.2, -0.15) is 0 Å². The lowest BCUT2D eigenvalue weighted by atomic mass is 10.2. The van der Waals surface area contributed by atoms with Crippen LogP contribution in [0.5, 0.6) is 0 Å². The van der Waals surface area contributed by atoms with Crippen LogP contribution in [0.4, 0.5) is 10.1 Å². The highest BCUT2D eigenvalue weighted by Gasteiger charge is 2.10. The number of benzene rings is 2. The molecule has 0 atom stereocenters. The van der Waals surface area contributed by atoms with Crippen LogP contribution in [-0.4, -0.2) is 14.7 Å². The topological polar surface area (TPSA) is 46.2 Å². The second-order valence-electron chi connectivity index (χ2n) is 4.39. The van der Waals surface area contributed by atoms with Gasteiger partial charge in [0.2, 0.25) is 0 Å². The van der Waals surface area contributed by atoms with Crippen molar-refractivity contribution in [1.29, 1.82) is 0 Å². The van der Waals surface area contributed by atoms with Crippen molar-refractivity contribution < 1.29 is 12.8 Å². The van der Waals surface area contributed by atoms with Gasteiger partial charge in [0, 0.05) is 17.3 Å². The Labute approximate surface area is 125 Å². The average molecular weight is 358 g/mol. The molecule has 0 saturated heterocycles. The number of hydrogen-bond donors (Lipinski definition) is 1. The Morgan fingerprint density at radius 3 is 2.40 bits per heavy atom. The van der Waals surface area contributed by atoms with E-state index in [1.165, 1.54) is 12.1 Å². The van der Waals surface area contributed by atoms with Crippen molar-refractivity contribution in [3.05, 3.63) is 58.3 Å². The molecule has 106 valence electrons. The van der Waals surface area contributed by atoms with Crippen LogP contribution in [-0.2, 0) is 16.4 Å². The number of anilines is 1. The lowest BCUT2D eigenvalue weighted by Gasteiger charge is -2.09. The van der Waals surface area contributed by atoms with Crippen LogP contribution in [0.2, 0.25) is 0 Å². The van der Waals surface area contributed by atoms with Crippen LogP contribution in [0, 0.1) is 5.82 Å². The predicted molar refractivity (Wildman–Crippen MR) is 81.0 cm³/mol. The van der Waals surface area contributed by atoms with E-state index in [2.05, 4.69) is 21.2 Å². The number of rotatable bonds is 4. The molecule has 0 heterocycles. The molecule has 2 aromatic carbocycles. The predicted octanol–water partition coefficient (Wildman–Crippen LogP) is 3.60. The van der Waals surface area contributed by atoms with Gasteiger partial charge in [-0.3, -0.25) is 0 Å². The van der Waals surface area contributed by atoms with E-state index in [1.807, 2.05) is 24.3 Å². The Balaban J connectivity index is 2.19. The molecule has 1 N–H and O–H groups in total. The minimum absolute atomic E-state index is 0.0946. The molecule has 0 saturated carbocycles. The van der Waals surface area contributed by atoms with Gasteiger partial charge in [0.25, 0.3) is 0 Å². The number of hydrogen-bond acceptors (Lipinski definition) is 3. The maximum absolute atomic E-state index is 13.7. The van der Waals surface area contributed by atoms with Crippen LogP contribution in [0.25, 0.3) is 0 Å². The summed E-state index contributed by atoms with van der Waals surface area (Å²) in [5.74, 6) is -0.477. The van der Waals surface area contributed by atoms with Crippen LogP contribution in [0.15, 0.2) is 51.8 Å². The maximum Gasteiger partial charge on any atom is 0.175 e. The fraction of sp³-hybridized carbons (Fsp3) is 0.143. The van der Waals surface area contributed by atoms with E-state index >= 15 is 0 Å². The van der Waals surface area contributed by atoms with E-state index in [0.717, 1.165) is 22.4 Å². The van der Waals surface area contributed by atoms with Crippen molar-refractivity contribution in [2.75, 3.05) is 11.6 Å². The fourth-order valence-electron chi connectivity index (χ4n) is 1.67. The summed E-state index contributed by atoms with van der Waals surface area (Å²) in [4.78, 5) is 0.0946. The van der Waals surface area contributed by atoms with Crippen molar-refractivity contribution in [3.8, 4) is 0 Å². The first-order valence-corrected chi connectivity index (χ1v) is 8.52. The van der Waals surface area contributed by atoms with Gasteiger partial charge < -0.3 is 5.32 Å². The Morgan fingerprint density at radius 1 is 1.15 bits per heavy atom. The molecule has 0 fully saturated rings. The third-order valence-corrected chi connectivity index (χ3v) is 4.40. The smallest absolute Gasteiger partial charge is 0.175 e. The van der Waals surface area contributed by atoms with Crippen LogP contribution >= 0.6 is 15.9 Å². The second-order valence-corrected chi connectivity index (χ2v) is 7.33. The van der Waals surface area contributed by atoms with Gasteiger partial charge in [-0.1, -0.05) is 28.1 Å². The largest absolute Gasteiger partial charge is 0.379 e. The molecule has 0 radical (unpaired) electrons. The number of sulfone groups is 1. The van der Waals surface area contributed by atoms with Gasteiger partial charge in [-0.15, -0.1) is 0 Å². The van der Waals surface area contributed by atoms with Gasteiger partial charge in [-0.25, -0.2) is 12.8 Å². The van der Waals surface area contributed by atoms with Gasteiger partial charge in [0.15, 0.2) is 9.84 Å². The monoisotopic (exact) mass is 357 g/mol. The van der Waals surface area contributed by atoms with E-state index in [4.69, 9.17) is 0 Å². The second kappa shape index (κ2) is 5.93. The van der Waals surface area contributed by atoms with Crippen LogP contribution in [0.1, 0.15) is 5.56 Å². The molecule has 0 spiro atoms. The molecule has 0 unspecified atom stereocenters. The first kappa shape index (κ1) is 15.0. The molecule has 0 amide bonds. The molecule has 0 aromatic heterocycles. The first-order valence-electron chi connectivity index (χ1n) is 5.84. The molecule has 0 bridgehead atoms. The highest BCUT2D eigenvalue weighted by molar-refractivity contribution is 9.10. The zero-order valence-electron chi connectivity index (χ0n) is 10.7. The van der Waals surface area contributed by atoms with Gasteiger partial charge in [0.1, 0.15) is 5.82 Å². The summed E-state index contributed by atoms with van der Waals surface area (Å²) in [6, 6.07) is 11.3. The van der Waals surface area contributed by atoms with E-state index in [1.54, 1.807) is 0 Å². The Morgan fingerprint density at radius 2 is 1.80 bits per heavy atom. The minimum Gasteiger partial charge on any atom is -0.379 e. The lowest BCUT2D eigenvalue weighted by Crippen LogP contribution is -2.04.